The summed E-state index contributed by atoms with van der Waals surface area (Å²) >= 11 is 0. The van der Waals surface area contributed by atoms with Gasteiger partial charge in [-0.3, -0.25) is 5.41 Å². The molecule has 0 bridgehead atoms. The Hall–Kier alpha value is -0.530. The molecule has 1 saturated heterocycles. The highest BCUT2D eigenvalue weighted by atomic mass is 15.2. The number of hydrogen-bond acceptors (Lipinski definition) is 1. The van der Waals surface area contributed by atoms with E-state index in [1.54, 1.807) is 0 Å². The van der Waals surface area contributed by atoms with Crippen LogP contribution in [0.3, 0.4) is 0 Å². The van der Waals surface area contributed by atoms with E-state index in [1.165, 1.54) is 19.3 Å². The van der Waals surface area contributed by atoms with E-state index >= 15 is 0 Å². The number of nitrogens with zero attached hydrogens (tertiary/aromatic N) is 1. The maximum Gasteiger partial charge on any atom is 0.0926 e. The molecule has 1 heterocycles. The second-order valence-corrected chi connectivity index (χ2v) is 3.96. The summed E-state index contributed by atoms with van der Waals surface area (Å²) in [4.78, 5) is 2.20. The van der Waals surface area contributed by atoms with Crippen LogP contribution in [0.15, 0.2) is 0 Å². The van der Waals surface area contributed by atoms with Crippen molar-refractivity contribution in [3.05, 3.63) is 0 Å². The maximum absolute atomic E-state index is 7.54. The average Bonchev–Trinajstić information content (AvgIpc) is 2.49. The first kappa shape index (κ1) is 9.56. The lowest BCUT2D eigenvalue weighted by atomic mass is 9.82. The molecule has 2 heteroatoms. The molecule has 0 radical (unpaired) electrons. The number of nitrogens with one attached hydrogen (secondary N) is 1. The quantitative estimate of drug-likeness (QED) is 0.498. The van der Waals surface area contributed by atoms with E-state index in [2.05, 4.69) is 18.7 Å². The van der Waals surface area contributed by atoms with Crippen LogP contribution in [0.1, 0.15) is 40.0 Å². The van der Waals surface area contributed by atoms with E-state index < -0.39 is 0 Å². The summed E-state index contributed by atoms with van der Waals surface area (Å²) in [6.07, 6.45) is 3.79. The molecular weight excluding hydrogens is 148 g/mol. The lowest BCUT2D eigenvalue weighted by Crippen LogP contribution is -2.29. The molecule has 0 unspecified atom stereocenters. The summed E-state index contributed by atoms with van der Waals surface area (Å²) in [5, 5.41) is 7.54. The minimum Gasteiger partial charge on any atom is -0.360 e. The van der Waals surface area contributed by atoms with Crippen molar-refractivity contribution in [3.8, 4) is 0 Å². The van der Waals surface area contributed by atoms with Gasteiger partial charge < -0.3 is 4.90 Å². The van der Waals surface area contributed by atoms with Crippen LogP contribution in [0, 0.1) is 10.8 Å². The summed E-state index contributed by atoms with van der Waals surface area (Å²) in [5.41, 5.74) is 0.516. The lowest BCUT2D eigenvalue weighted by Gasteiger charge is -2.26. The fraction of sp³-hybridized carbons (Fsp3) is 0.900. The average molecular weight is 168 g/mol. The highest BCUT2D eigenvalue weighted by Crippen LogP contribution is 2.36. The van der Waals surface area contributed by atoms with Crippen molar-refractivity contribution in [3.63, 3.8) is 0 Å². The van der Waals surface area contributed by atoms with Gasteiger partial charge in [0.05, 0.1) is 5.84 Å². The topological polar surface area (TPSA) is 27.1 Å². The molecule has 0 saturated carbocycles. The molecule has 70 valence electrons. The van der Waals surface area contributed by atoms with E-state index in [9.17, 15) is 0 Å². The van der Waals surface area contributed by atoms with E-state index in [1.807, 2.05) is 6.92 Å². The van der Waals surface area contributed by atoms with Crippen molar-refractivity contribution in [1.29, 1.82) is 5.41 Å². The second-order valence-electron chi connectivity index (χ2n) is 3.96. The Morgan fingerprint density at radius 1 is 1.42 bits per heavy atom. The van der Waals surface area contributed by atoms with Crippen LogP contribution in [0.5, 0.6) is 0 Å². The Morgan fingerprint density at radius 3 is 2.25 bits per heavy atom. The zero-order chi connectivity index (χ0) is 9.19. The van der Waals surface area contributed by atoms with E-state index in [0.29, 0.717) is 5.41 Å². The molecule has 0 aromatic rings. The van der Waals surface area contributed by atoms with Gasteiger partial charge in [-0.05, 0) is 31.6 Å². The fourth-order valence-electron chi connectivity index (χ4n) is 2.05. The monoisotopic (exact) mass is 168 g/mol. The standard InChI is InChI=1S/C10H20N2/c1-4-10(5-2)6-7-12(8-10)9(3)11/h11H,4-8H2,1-3H3. The summed E-state index contributed by atoms with van der Waals surface area (Å²) in [5.74, 6) is 0.735. The van der Waals surface area contributed by atoms with Crippen molar-refractivity contribution in [2.45, 2.75) is 40.0 Å². The second kappa shape index (κ2) is 3.46. The zero-order valence-corrected chi connectivity index (χ0v) is 8.48. The highest BCUT2D eigenvalue weighted by molar-refractivity contribution is 5.76. The number of amidine groups is 1. The van der Waals surface area contributed by atoms with Gasteiger partial charge in [0, 0.05) is 13.1 Å². The first-order chi connectivity index (χ1) is 5.63. The van der Waals surface area contributed by atoms with Crippen LogP contribution in [-0.4, -0.2) is 23.8 Å². The van der Waals surface area contributed by atoms with Crippen molar-refractivity contribution in [2.75, 3.05) is 13.1 Å². The first-order valence-corrected chi connectivity index (χ1v) is 4.93. The molecule has 1 N–H and O–H groups in total. The minimum atomic E-state index is 0.516. The van der Waals surface area contributed by atoms with E-state index in [-0.39, 0.29) is 0 Å². The Bertz CT molecular complexity index is 171. The minimum absolute atomic E-state index is 0.516. The van der Waals surface area contributed by atoms with Crippen LogP contribution in [0.2, 0.25) is 0 Å². The Balaban J connectivity index is 2.58. The van der Waals surface area contributed by atoms with Gasteiger partial charge in [0.25, 0.3) is 0 Å². The fourth-order valence-corrected chi connectivity index (χ4v) is 2.05. The van der Waals surface area contributed by atoms with Crippen LogP contribution in [-0.2, 0) is 0 Å². The van der Waals surface area contributed by atoms with Crippen molar-refractivity contribution >= 4 is 5.84 Å². The molecule has 0 spiro atoms. The Labute approximate surface area is 75.5 Å². The van der Waals surface area contributed by atoms with Gasteiger partial charge in [0.2, 0.25) is 0 Å². The SMILES string of the molecule is CCC1(CC)CCN(C(C)=N)C1. The summed E-state index contributed by atoms with van der Waals surface area (Å²) in [7, 11) is 0. The molecule has 0 amide bonds. The van der Waals surface area contributed by atoms with E-state index in [0.717, 1.165) is 18.9 Å². The van der Waals surface area contributed by atoms with Gasteiger partial charge in [0.1, 0.15) is 0 Å². The van der Waals surface area contributed by atoms with Crippen LogP contribution in [0.25, 0.3) is 0 Å². The third-order valence-electron chi connectivity index (χ3n) is 3.41. The molecule has 0 aliphatic carbocycles. The normalized spacial score (nSPS) is 21.4. The van der Waals surface area contributed by atoms with Crippen LogP contribution in [0.4, 0.5) is 0 Å². The van der Waals surface area contributed by atoms with Gasteiger partial charge in [-0.25, -0.2) is 0 Å². The summed E-state index contributed by atoms with van der Waals surface area (Å²) in [6.45, 7) is 8.63. The van der Waals surface area contributed by atoms with Gasteiger partial charge in [-0.15, -0.1) is 0 Å². The summed E-state index contributed by atoms with van der Waals surface area (Å²) in [6, 6.07) is 0. The number of hydrogen-bond donors (Lipinski definition) is 1. The van der Waals surface area contributed by atoms with Crippen molar-refractivity contribution in [1.82, 2.24) is 4.90 Å². The molecule has 0 aromatic carbocycles. The number of rotatable bonds is 2. The predicted octanol–water partition coefficient (Wildman–Crippen LogP) is 2.50. The van der Waals surface area contributed by atoms with Gasteiger partial charge >= 0.3 is 0 Å². The third kappa shape index (κ3) is 1.62. The molecule has 1 fully saturated rings. The van der Waals surface area contributed by atoms with Crippen LogP contribution >= 0.6 is 0 Å². The Kier molecular flexibility index (Phi) is 2.76. The third-order valence-corrected chi connectivity index (χ3v) is 3.41. The first-order valence-electron chi connectivity index (χ1n) is 4.93. The Morgan fingerprint density at radius 2 is 2.00 bits per heavy atom. The van der Waals surface area contributed by atoms with Gasteiger partial charge in [0.15, 0.2) is 0 Å². The van der Waals surface area contributed by atoms with Gasteiger partial charge in [-0.2, -0.15) is 0 Å². The molecule has 12 heavy (non-hydrogen) atoms. The largest absolute Gasteiger partial charge is 0.360 e. The van der Waals surface area contributed by atoms with Crippen LogP contribution < -0.4 is 0 Å². The van der Waals surface area contributed by atoms with Gasteiger partial charge in [-0.1, -0.05) is 13.8 Å². The maximum atomic E-state index is 7.54. The molecule has 0 aromatic heterocycles. The molecule has 2 nitrogen and oxygen atoms in total. The van der Waals surface area contributed by atoms with E-state index in [4.69, 9.17) is 5.41 Å². The number of likely N-dealkylation sites (tertiary alicyclic amines) is 1. The molecule has 0 atom stereocenters. The highest BCUT2D eigenvalue weighted by Gasteiger charge is 2.34. The molecule has 1 aliphatic rings. The lowest BCUT2D eigenvalue weighted by molar-refractivity contribution is 0.277. The predicted molar refractivity (Wildman–Crippen MR) is 52.6 cm³/mol. The smallest absolute Gasteiger partial charge is 0.0926 e. The van der Waals surface area contributed by atoms with Crippen molar-refractivity contribution in [2.24, 2.45) is 5.41 Å². The summed E-state index contributed by atoms with van der Waals surface area (Å²) < 4.78 is 0. The molecular formula is C10H20N2. The molecule has 1 aliphatic heterocycles. The van der Waals surface area contributed by atoms with Crippen molar-refractivity contribution < 1.29 is 0 Å². The molecule has 1 rings (SSSR count). The zero-order valence-electron chi connectivity index (χ0n) is 8.48.